The molecule has 1 atom stereocenters. The number of furan rings is 1. The monoisotopic (exact) mass is 248 g/mol. The van der Waals surface area contributed by atoms with E-state index in [1.54, 1.807) is 6.20 Å². The second-order valence-electron chi connectivity index (χ2n) is 4.63. The van der Waals surface area contributed by atoms with Crippen LogP contribution >= 0.6 is 0 Å². The van der Waals surface area contributed by atoms with Gasteiger partial charge in [-0.2, -0.15) is 0 Å². The van der Waals surface area contributed by atoms with Crippen LogP contribution in [0.15, 0.2) is 22.9 Å². The molecule has 1 unspecified atom stereocenters. The van der Waals surface area contributed by atoms with Crippen LogP contribution in [0.4, 0.5) is 0 Å². The van der Waals surface area contributed by atoms with E-state index in [0.717, 1.165) is 35.9 Å². The second-order valence-corrected chi connectivity index (χ2v) is 4.63. The second kappa shape index (κ2) is 5.40. The van der Waals surface area contributed by atoms with E-state index in [9.17, 15) is 5.11 Å². The topological polar surface area (TPSA) is 51.2 Å². The molecule has 18 heavy (non-hydrogen) atoms. The molecule has 98 valence electrons. The van der Waals surface area contributed by atoms with E-state index < -0.39 is 6.10 Å². The summed E-state index contributed by atoms with van der Waals surface area (Å²) in [6, 6.07) is 1.90. The molecule has 2 rings (SSSR count). The fourth-order valence-corrected chi connectivity index (χ4v) is 2.24. The van der Waals surface area contributed by atoms with Gasteiger partial charge in [-0.3, -0.25) is 0 Å². The highest BCUT2D eigenvalue weighted by molar-refractivity contribution is 5.23. The SMILES string of the molecule is CCCn1ccnc1CC(O)c1cc(C)oc1C. The minimum atomic E-state index is -0.555. The first kappa shape index (κ1) is 12.9. The number of aliphatic hydroxyl groups is 1. The Bertz CT molecular complexity index is 514. The summed E-state index contributed by atoms with van der Waals surface area (Å²) < 4.78 is 7.53. The van der Waals surface area contributed by atoms with Gasteiger partial charge in [-0.25, -0.2) is 4.98 Å². The minimum Gasteiger partial charge on any atom is -0.466 e. The number of aliphatic hydroxyl groups excluding tert-OH is 1. The Morgan fingerprint density at radius 3 is 2.83 bits per heavy atom. The predicted octanol–water partition coefficient (Wildman–Crippen LogP) is 2.78. The van der Waals surface area contributed by atoms with Gasteiger partial charge in [0.25, 0.3) is 0 Å². The van der Waals surface area contributed by atoms with Crippen molar-refractivity contribution in [1.82, 2.24) is 9.55 Å². The van der Waals surface area contributed by atoms with Gasteiger partial charge in [-0.15, -0.1) is 0 Å². The van der Waals surface area contributed by atoms with E-state index in [1.807, 2.05) is 26.1 Å². The summed E-state index contributed by atoms with van der Waals surface area (Å²) in [6.07, 6.45) is 4.76. The largest absolute Gasteiger partial charge is 0.466 e. The molecule has 0 spiro atoms. The normalized spacial score (nSPS) is 12.9. The summed E-state index contributed by atoms with van der Waals surface area (Å²) >= 11 is 0. The summed E-state index contributed by atoms with van der Waals surface area (Å²) in [5.74, 6) is 2.54. The van der Waals surface area contributed by atoms with Crippen LogP contribution in [0.25, 0.3) is 0 Å². The van der Waals surface area contributed by atoms with Gasteiger partial charge in [0, 0.05) is 30.9 Å². The molecule has 2 aromatic rings. The van der Waals surface area contributed by atoms with Crippen molar-refractivity contribution in [2.24, 2.45) is 0 Å². The molecular weight excluding hydrogens is 228 g/mol. The van der Waals surface area contributed by atoms with Gasteiger partial charge < -0.3 is 14.1 Å². The highest BCUT2D eigenvalue weighted by atomic mass is 16.3. The lowest BCUT2D eigenvalue weighted by molar-refractivity contribution is 0.172. The number of aromatic nitrogens is 2. The molecule has 0 saturated heterocycles. The van der Waals surface area contributed by atoms with Crippen molar-refractivity contribution in [3.8, 4) is 0 Å². The van der Waals surface area contributed by atoms with Crippen molar-refractivity contribution >= 4 is 0 Å². The number of hydrogen-bond donors (Lipinski definition) is 1. The van der Waals surface area contributed by atoms with E-state index in [-0.39, 0.29) is 0 Å². The molecule has 0 aromatic carbocycles. The fraction of sp³-hybridized carbons (Fsp3) is 0.500. The highest BCUT2D eigenvalue weighted by Gasteiger charge is 2.17. The Morgan fingerprint density at radius 2 is 2.22 bits per heavy atom. The van der Waals surface area contributed by atoms with Crippen LogP contribution < -0.4 is 0 Å². The van der Waals surface area contributed by atoms with Crippen LogP contribution in [-0.2, 0) is 13.0 Å². The van der Waals surface area contributed by atoms with Crippen LogP contribution in [0.1, 0.15) is 42.4 Å². The average Bonchev–Trinajstić information content (AvgIpc) is 2.87. The number of imidazole rings is 1. The molecular formula is C14H20N2O2. The van der Waals surface area contributed by atoms with E-state index in [1.165, 1.54) is 0 Å². The van der Waals surface area contributed by atoms with E-state index >= 15 is 0 Å². The third-order valence-electron chi connectivity index (χ3n) is 3.08. The first-order chi connectivity index (χ1) is 8.61. The van der Waals surface area contributed by atoms with Crippen LogP contribution in [-0.4, -0.2) is 14.7 Å². The van der Waals surface area contributed by atoms with Crippen molar-refractivity contribution in [2.75, 3.05) is 0 Å². The minimum absolute atomic E-state index is 0.521. The maximum Gasteiger partial charge on any atom is 0.111 e. The molecule has 2 heterocycles. The van der Waals surface area contributed by atoms with Gasteiger partial charge >= 0.3 is 0 Å². The van der Waals surface area contributed by atoms with Crippen LogP contribution in [0, 0.1) is 13.8 Å². The molecule has 0 amide bonds. The molecule has 4 heteroatoms. The standard InChI is InChI=1S/C14H20N2O2/c1-4-6-16-7-5-15-14(16)9-13(17)12-8-10(2)18-11(12)3/h5,7-8,13,17H,4,6,9H2,1-3H3. The number of rotatable bonds is 5. The predicted molar refractivity (Wildman–Crippen MR) is 69.4 cm³/mol. The molecule has 0 aliphatic rings. The Labute approximate surface area is 107 Å². The van der Waals surface area contributed by atoms with Crippen molar-refractivity contribution in [3.05, 3.63) is 41.4 Å². The lowest BCUT2D eigenvalue weighted by Gasteiger charge is -2.11. The van der Waals surface area contributed by atoms with Gasteiger partial charge in [0.2, 0.25) is 0 Å². The Hall–Kier alpha value is -1.55. The number of nitrogens with zero attached hydrogens (tertiary/aromatic N) is 2. The average molecular weight is 248 g/mol. The molecule has 2 aromatic heterocycles. The van der Waals surface area contributed by atoms with Gasteiger partial charge in [-0.05, 0) is 26.3 Å². The van der Waals surface area contributed by atoms with Gasteiger partial charge in [0.05, 0.1) is 6.10 Å². The summed E-state index contributed by atoms with van der Waals surface area (Å²) in [5.41, 5.74) is 0.860. The van der Waals surface area contributed by atoms with E-state index in [0.29, 0.717) is 6.42 Å². The molecule has 1 N–H and O–H groups in total. The van der Waals surface area contributed by atoms with Gasteiger partial charge in [0.1, 0.15) is 17.3 Å². The molecule has 0 bridgehead atoms. The Morgan fingerprint density at radius 1 is 1.44 bits per heavy atom. The Kier molecular flexibility index (Phi) is 3.87. The number of aryl methyl sites for hydroxylation is 3. The molecule has 0 fully saturated rings. The highest BCUT2D eigenvalue weighted by Crippen LogP contribution is 2.24. The van der Waals surface area contributed by atoms with Crippen LogP contribution in [0.2, 0.25) is 0 Å². The third kappa shape index (κ3) is 2.64. The van der Waals surface area contributed by atoms with Crippen molar-refractivity contribution in [3.63, 3.8) is 0 Å². The molecule has 0 aliphatic heterocycles. The zero-order chi connectivity index (χ0) is 13.1. The van der Waals surface area contributed by atoms with Crippen molar-refractivity contribution in [1.29, 1.82) is 0 Å². The maximum absolute atomic E-state index is 10.3. The quantitative estimate of drug-likeness (QED) is 0.885. The molecule has 0 aliphatic carbocycles. The molecule has 0 saturated carbocycles. The summed E-state index contributed by atoms with van der Waals surface area (Å²) in [5, 5.41) is 10.3. The van der Waals surface area contributed by atoms with E-state index in [2.05, 4.69) is 16.5 Å². The van der Waals surface area contributed by atoms with Crippen molar-refractivity contribution in [2.45, 2.75) is 46.3 Å². The summed E-state index contributed by atoms with van der Waals surface area (Å²) in [4.78, 5) is 4.31. The first-order valence-electron chi connectivity index (χ1n) is 6.36. The zero-order valence-electron chi connectivity index (χ0n) is 11.2. The van der Waals surface area contributed by atoms with Crippen LogP contribution in [0.3, 0.4) is 0 Å². The third-order valence-corrected chi connectivity index (χ3v) is 3.08. The van der Waals surface area contributed by atoms with Gasteiger partial charge in [-0.1, -0.05) is 6.92 Å². The first-order valence-corrected chi connectivity index (χ1v) is 6.36. The lowest BCUT2D eigenvalue weighted by atomic mass is 10.1. The maximum atomic E-state index is 10.3. The summed E-state index contributed by atoms with van der Waals surface area (Å²) in [6.45, 7) is 6.83. The van der Waals surface area contributed by atoms with Crippen LogP contribution in [0.5, 0.6) is 0 Å². The molecule has 4 nitrogen and oxygen atoms in total. The zero-order valence-corrected chi connectivity index (χ0v) is 11.2. The smallest absolute Gasteiger partial charge is 0.111 e. The summed E-state index contributed by atoms with van der Waals surface area (Å²) in [7, 11) is 0. The Balaban J connectivity index is 2.13. The fourth-order valence-electron chi connectivity index (χ4n) is 2.24. The molecule has 0 radical (unpaired) electrons. The lowest BCUT2D eigenvalue weighted by Crippen LogP contribution is -2.09. The van der Waals surface area contributed by atoms with Crippen molar-refractivity contribution < 1.29 is 9.52 Å². The number of hydrogen-bond acceptors (Lipinski definition) is 3. The van der Waals surface area contributed by atoms with Gasteiger partial charge in [0.15, 0.2) is 0 Å². The van der Waals surface area contributed by atoms with E-state index in [4.69, 9.17) is 4.42 Å².